The zero-order valence-electron chi connectivity index (χ0n) is 12.3. The van der Waals surface area contributed by atoms with Crippen LogP contribution in [0.5, 0.6) is 0 Å². The summed E-state index contributed by atoms with van der Waals surface area (Å²) in [5.41, 5.74) is 0. The average molecular weight is 300 g/mol. The summed E-state index contributed by atoms with van der Waals surface area (Å²) in [5, 5.41) is 3.78. The number of hydrogen-bond acceptors (Lipinski definition) is 6. The van der Waals surface area contributed by atoms with Gasteiger partial charge in [0.2, 0.25) is 0 Å². The van der Waals surface area contributed by atoms with Crippen molar-refractivity contribution in [2.24, 2.45) is 0 Å². The minimum Gasteiger partial charge on any atom is -0.377 e. The van der Waals surface area contributed by atoms with Gasteiger partial charge in [-0.05, 0) is 14.1 Å². The first-order valence-corrected chi connectivity index (χ1v) is 7.11. The molecule has 2 heterocycles. The Morgan fingerprint density at radius 3 is 2.95 bits per heavy atom. The van der Waals surface area contributed by atoms with Gasteiger partial charge in [-0.1, -0.05) is 11.6 Å². The molecule has 1 aliphatic heterocycles. The number of piperazine rings is 1. The fraction of sp³-hybridized carbons (Fsp3) is 0.692. The van der Waals surface area contributed by atoms with E-state index in [0.717, 1.165) is 32.0 Å². The van der Waals surface area contributed by atoms with Crippen LogP contribution in [0.15, 0.2) is 6.07 Å². The third-order valence-corrected chi connectivity index (χ3v) is 3.71. The lowest BCUT2D eigenvalue weighted by Gasteiger charge is -2.37. The third kappa shape index (κ3) is 4.28. The monoisotopic (exact) mass is 299 g/mol. The van der Waals surface area contributed by atoms with E-state index in [-0.39, 0.29) is 0 Å². The van der Waals surface area contributed by atoms with Crippen LogP contribution >= 0.6 is 11.6 Å². The molecule has 1 unspecified atom stereocenters. The van der Waals surface area contributed by atoms with Crippen molar-refractivity contribution in [1.29, 1.82) is 0 Å². The van der Waals surface area contributed by atoms with Crippen molar-refractivity contribution in [3.8, 4) is 0 Å². The molecule has 0 amide bonds. The molecule has 7 heteroatoms. The second kappa shape index (κ2) is 7.17. The molecule has 1 aliphatic rings. The first-order valence-electron chi connectivity index (χ1n) is 6.73. The van der Waals surface area contributed by atoms with Gasteiger partial charge < -0.3 is 15.0 Å². The zero-order chi connectivity index (χ0) is 14.5. The lowest BCUT2D eigenvalue weighted by molar-refractivity contribution is 0.122. The predicted octanol–water partition coefficient (Wildman–Crippen LogP) is 0.934. The van der Waals surface area contributed by atoms with E-state index >= 15 is 0 Å². The molecule has 1 atom stereocenters. The van der Waals surface area contributed by atoms with Gasteiger partial charge >= 0.3 is 0 Å². The average Bonchev–Trinajstić information content (AvgIpc) is 2.40. The molecular formula is C13H22ClN5O. The highest BCUT2D eigenvalue weighted by Crippen LogP contribution is 2.13. The molecule has 112 valence electrons. The van der Waals surface area contributed by atoms with E-state index in [1.165, 1.54) is 0 Å². The SMILES string of the molecule is COCc1nc(Cl)cc(NCC2CN(C)CCN2C)n1. The summed E-state index contributed by atoms with van der Waals surface area (Å²) < 4.78 is 5.04. The summed E-state index contributed by atoms with van der Waals surface area (Å²) in [5.74, 6) is 1.34. The largest absolute Gasteiger partial charge is 0.377 e. The van der Waals surface area contributed by atoms with Gasteiger partial charge in [-0.15, -0.1) is 0 Å². The quantitative estimate of drug-likeness (QED) is 0.817. The minimum atomic E-state index is 0.362. The van der Waals surface area contributed by atoms with Gasteiger partial charge in [-0.25, -0.2) is 9.97 Å². The van der Waals surface area contributed by atoms with E-state index in [2.05, 4.69) is 39.2 Å². The maximum Gasteiger partial charge on any atom is 0.158 e. The van der Waals surface area contributed by atoms with Crippen LogP contribution in [0.1, 0.15) is 5.82 Å². The summed E-state index contributed by atoms with van der Waals surface area (Å²) in [6.45, 7) is 4.45. The van der Waals surface area contributed by atoms with Gasteiger partial charge in [0, 0.05) is 45.4 Å². The summed E-state index contributed by atoms with van der Waals surface area (Å²) in [4.78, 5) is 13.2. The van der Waals surface area contributed by atoms with E-state index in [1.54, 1.807) is 13.2 Å². The van der Waals surface area contributed by atoms with E-state index in [0.29, 0.717) is 23.6 Å². The van der Waals surface area contributed by atoms with Crippen molar-refractivity contribution in [2.45, 2.75) is 12.6 Å². The molecule has 1 saturated heterocycles. The number of nitrogens with one attached hydrogen (secondary N) is 1. The third-order valence-electron chi connectivity index (χ3n) is 3.51. The minimum absolute atomic E-state index is 0.362. The Morgan fingerprint density at radius 2 is 2.20 bits per heavy atom. The Balaban J connectivity index is 1.95. The molecule has 1 aromatic heterocycles. The molecule has 1 fully saturated rings. The fourth-order valence-electron chi connectivity index (χ4n) is 2.29. The molecule has 0 spiro atoms. The van der Waals surface area contributed by atoms with Crippen molar-refractivity contribution in [2.75, 3.05) is 52.7 Å². The van der Waals surface area contributed by atoms with Crippen molar-refractivity contribution < 1.29 is 4.74 Å². The standard InChI is InChI=1S/C13H22ClN5O/c1-18-4-5-19(2)10(8-18)7-15-12-6-11(14)16-13(17-12)9-20-3/h6,10H,4-5,7-9H2,1-3H3,(H,15,16,17). The maximum atomic E-state index is 5.99. The van der Waals surface area contributed by atoms with E-state index in [1.807, 2.05) is 0 Å². The van der Waals surface area contributed by atoms with Gasteiger partial charge in [0.05, 0.1) is 0 Å². The van der Waals surface area contributed by atoms with Crippen molar-refractivity contribution in [3.05, 3.63) is 17.0 Å². The summed E-state index contributed by atoms with van der Waals surface area (Å²) >= 11 is 5.99. The second-order valence-electron chi connectivity index (χ2n) is 5.20. The number of anilines is 1. The Bertz CT molecular complexity index is 445. The normalized spacial score (nSPS) is 21.1. The van der Waals surface area contributed by atoms with Gasteiger partial charge in [0.15, 0.2) is 5.82 Å². The smallest absolute Gasteiger partial charge is 0.158 e. The Labute approximate surface area is 125 Å². The molecule has 0 saturated carbocycles. The molecule has 0 radical (unpaired) electrons. The first kappa shape index (κ1) is 15.4. The molecule has 2 rings (SSSR count). The van der Waals surface area contributed by atoms with E-state index in [4.69, 9.17) is 16.3 Å². The number of likely N-dealkylation sites (N-methyl/N-ethyl adjacent to an activating group) is 2. The molecule has 0 aliphatic carbocycles. The van der Waals surface area contributed by atoms with E-state index in [9.17, 15) is 0 Å². The first-order chi connectivity index (χ1) is 9.58. The number of nitrogens with zero attached hydrogens (tertiary/aromatic N) is 4. The van der Waals surface area contributed by atoms with Gasteiger partial charge in [0.1, 0.15) is 17.6 Å². The Kier molecular flexibility index (Phi) is 5.54. The summed E-state index contributed by atoms with van der Waals surface area (Å²) in [6.07, 6.45) is 0. The fourth-order valence-corrected chi connectivity index (χ4v) is 2.49. The maximum absolute atomic E-state index is 5.99. The molecule has 20 heavy (non-hydrogen) atoms. The summed E-state index contributed by atoms with van der Waals surface area (Å²) in [6, 6.07) is 2.21. The highest BCUT2D eigenvalue weighted by molar-refractivity contribution is 6.29. The van der Waals surface area contributed by atoms with Crippen LogP contribution in [0, 0.1) is 0 Å². The van der Waals surface area contributed by atoms with Crippen LogP contribution in [0.2, 0.25) is 5.15 Å². The molecule has 0 bridgehead atoms. The van der Waals surface area contributed by atoms with Crippen LogP contribution < -0.4 is 5.32 Å². The Morgan fingerprint density at radius 1 is 1.40 bits per heavy atom. The molecule has 1 N–H and O–H groups in total. The lowest BCUT2D eigenvalue weighted by atomic mass is 10.2. The number of hydrogen-bond donors (Lipinski definition) is 1. The number of ether oxygens (including phenoxy) is 1. The van der Waals surface area contributed by atoms with Crippen LogP contribution in [0.3, 0.4) is 0 Å². The summed E-state index contributed by atoms with van der Waals surface area (Å²) in [7, 11) is 5.92. The zero-order valence-corrected chi connectivity index (χ0v) is 13.0. The van der Waals surface area contributed by atoms with Crippen molar-refractivity contribution in [3.63, 3.8) is 0 Å². The van der Waals surface area contributed by atoms with Gasteiger partial charge in [0.25, 0.3) is 0 Å². The molecule has 0 aromatic carbocycles. The number of methoxy groups -OCH3 is 1. The van der Waals surface area contributed by atoms with Crippen molar-refractivity contribution >= 4 is 17.4 Å². The van der Waals surface area contributed by atoms with Crippen LogP contribution in [0.4, 0.5) is 5.82 Å². The van der Waals surface area contributed by atoms with Crippen LogP contribution in [-0.4, -0.2) is 73.2 Å². The second-order valence-corrected chi connectivity index (χ2v) is 5.59. The highest BCUT2D eigenvalue weighted by Gasteiger charge is 2.21. The van der Waals surface area contributed by atoms with Crippen LogP contribution in [-0.2, 0) is 11.3 Å². The molecule has 1 aromatic rings. The van der Waals surface area contributed by atoms with Gasteiger partial charge in [-0.3, -0.25) is 4.90 Å². The lowest BCUT2D eigenvalue weighted by Crippen LogP contribution is -2.52. The van der Waals surface area contributed by atoms with Crippen LogP contribution in [0.25, 0.3) is 0 Å². The number of halogens is 1. The van der Waals surface area contributed by atoms with Gasteiger partial charge in [-0.2, -0.15) is 0 Å². The molecule has 6 nitrogen and oxygen atoms in total. The number of rotatable bonds is 5. The van der Waals surface area contributed by atoms with Crippen molar-refractivity contribution in [1.82, 2.24) is 19.8 Å². The Hall–Kier alpha value is -0.950. The topological polar surface area (TPSA) is 53.5 Å². The molecular weight excluding hydrogens is 278 g/mol. The van der Waals surface area contributed by atoms with E-state index < -0.39 is 0 Å². The predicted molar refractivity (Wildman–Crippen MR) is 80.2 cm³/mol. The highest BCUT2D eigenvalue weighted by atomic mass is 35.5. The number of aromatic nitrogens is 2.